The van der Waals surface area contributed by atoms with E-state index in [0.29, 0.717) is 23.7 Å². The van der Waals surface area contributed by atoms with Gasteiger partial charge in [-0.05, 0) is 108 Å². The van der Waals surface area contributed by atoms with E-state index in [4.69, 9.17) is 0 Å². The molecule has 2 saturated carbocycles. The monoisotopic (exact) mass is 838 g/mol. The molecular formula is C47H59IN4O2. The predicted octanol–water partition coefficient (Wildman–Crippen LogP) is 10.3. The summed E-state index contributed by atoms with van der Waals surface area (Å²) in [7, 11) is 0. The van der Waals surface area contributed by atoms with E-state index in [2.05, 4.69) is 119 Å². The van der Waals surface area contributed by atoms with Gasteiger partial charge in [0, 0.05) is 64.2 Å². The Morgan fingerprint density at radius 3 is 1.61 bits per heavy atom. The van der Waals surface area contributed by atoms with Gasteiger partial charge in [0.15, 0.2) is 0 Å². The SMILES string of the molecule is CCCCCCN1CC2C(C1=O)C2(C)c1cccc(-c2ccccn2)c1.CCCCCCN1CC2C(C1=O)C2(C)c1cccc(I)c1.Cc1ccccn1. The molecule has 0 radical (unpaired) electrons. The second kappa shape index (κ2) is 17.9. The largest absolute Gasteiger partial charge is 0.342 e. The zero-order valence-corrected chi connectivity index (χ0v) is 35.2. The van der Waals surface area contributed by atoms with Crippen molar-refractivity contribution in [3.8, 4) is 11.3 Å². The Balaban J connectivity index is 0.000000159. The van der Waals surface area contributed by atoms with Gasteiger partial charge in [-0.3, -0.25) is 19.6 Å². The van der Waals surface area contributed by atoms with E-state index in [1.807, 2.05) is 49.5 Å². The Labute approximate surface area is 337 Å². The molecule has 0 bridgehead atoms. The van der Waals surface area contributed by atoms with Gasteiger partial charge < -0.3 is 9.80 Å². The Bertz CT molecular complexity index is 1850. The lowest BCUT2D eigenvalue weighted by molar-refractivity contribution is -0.131. The van der Waals surface area contributed by atoms with Gasteiger partial charge in [-0.2, -0.15) is 0 Å². The number of carbonyl (C=O) groups is 2. The van der Waals surface area contributed by atoms with Crippen LogP contribution in [0.3, 0.4) is 0 Å². The Hall–Kier alpha value is -3.59. The molecule has 4 aliphatic rings. The lowest BCUT2D eigenvalue weighted by atomic mass is 9.90. The Kier molecular flexibility index (Phi) is 13.3. The fraction of sp³-hybridized carbons (Fsp3) is 0.489. The van der Waals surface area contributed by atoms with Crippen LogP contribution in [0.25, 0.3) is 11.3 Å². The van der Waals surface area contributed by atoms with Crippen LogP contribution in [0.2, 0.25) is 0 Å². The molecular weight excluding hydrogens is 779 g/mol. The number of hydrogen-bond donors (Lipinski definition) is 0. The van der Waals surface area contributed by atoms with Gasteiger partial charge in [-0.1, -0.05) is 109 Å². The molecule has 8 rings (SSSR count). The summed E-state index contributed by atoms with van der Waals surface area (Å²) in [4.78, 5) is 38.1. The highest BCUT2D eigenvalue weighted by Crippen LogP contribution is 2.65. The van der Waals surface area contributed by atoms with E-state index >= 15 is 0 Å². The van der Waals surface area contributed by atoms with Gasteiger partial charge in [0.1, 0.15) is 0 Å². The lowest BCUT2D eigenvalue weighted by Crippen LogP contribution is -2.34. The Morgan fingerprint density at radius 2 is 1.19 bits per heavy atom. The van der Waals surface area contributed by atoms with Gasteiger partial charge >= 0.3 is 0 Å². The highest BCUT2D eigenvalue weighted by Gasteiger charge is 2.71. The number of rotatable bonds is 13. The number of aromatic nitrogens is 2. The van der Waals surface area contributed by atoms with Crippen LogP contribution in [0, 0.1) is 34.2 Å². The number of halogens is 1. The molecule has 4 heterocycles. The van der Waals surface area contributed by atoms with E-state index in [0.717, 1.165) is 49.6 Å². The smallest absolute Gasteiger partial charge is 0.226 e. The van der Waals surface area contributed by atoms with Gasteiger partial charge in [-0.25, -0.2) is 0 Å². The summed E-state index contributed by atoms with van der Waals surface area (Å²) in [5.41, 5.74) is 5.94. The van der Waals surface area contributed by atoms with Crippen LogP contribution < -0.4 is 0 Å². The summed E-state index contributed by atoms with van der Waals surface area (Å²) in [5.74, 6) is 2.19. The van der Waals surface area contributed by atoms with Crippen molar-refractivity contribution < 1.29 is 9.59 Å². The van der Waals surface area contributed by atoms with Gasteiger partial charge in [0.2, 0.25) is 11.8 Å². The van der Waals surface area contributed by atoms with E-state index in [-0.39, 0.29) is 22.7 Å². The number of benzene rings is 2. The van der Waals surface area contributed by atoms with Crippen LogP contribution in [0.1, 0.15) is 95.9 Å². The summed E-state index contributed by atoms with van der Waals surface area (Å²) in [6.07, 6.45) is 13.5. The fourth-order valence-corrected chi connectivity index (χ4v) is 9.71. The molecule has 4 fully saturated rings. The van der Waals surface area contributed by atoms with E-state index in [1.165, 1.54) is 59.6 Å². The zero-order chi connectivity index (χ0) is 38.3. The second-order valence-electron chi connectivity index (χ2n) is 16.2. The minimum Gasteiger partial charge on any atom is -0.342 e. The average molecular weight is 839 g/mol. The fourth-order valence-electron chi connectivity index (χ4n) is 9.17. The molecule has 2 saturated heterocycles. The van der Waals surface area contributed by atoms with Crippen molar-refractivity contribution in [2.75, 3.05) is 26.2 Å². The molecule has 0 spiro atoms. The van der Waals surface area contributed by atoms with Crippen LogP contribution in [-0.2, 0) is 20.4 Å². The lowest BCUT2D eigenvalue weighted by Gasteiger charge is -2.25. The molecule has 0 N–H and O–H groups in total. The van der Waals surface area contributed by atoms with Crippen molar-refractivity contribution in [3.05, 3.63) is 118 Å². The first-order valence-electron chi connectivity index (χ1n) is 20.4. The maximum Gasteiger partial charge on any atom is 0.226 e. The molecule has 4 aromatic rings. The molecule has 54 heavy (non-hydrogen) atoms. The molecule has 2 amide bonds. The summed E-state index contributed by atoms with van der Waals surface area (Å²) >= 11 is 2.36. The molecule has 2 aliphatic carbocycles. The van der Waals surface area contributed by atoms with Crippen molar-refractivity contribution in [2.24, 2.45) is 23.7 Å². The van der Waals surface area contributed by atoms with Crippen molar-refractivity contribution in [1.82, 2.24) is 19.8 Å². The molecule has 6 unspecified atom stereocenters. The number of carbonyl (C=O) groups excluding carboxylic acids is 2. The van der Waals surface area contributed by atoms with Crippen LogP contribution in [-0.4, -0.2) is 57.8 Å². The third kappa shape index (κ3) is 8.61. The summed E-state index contributed by atoms with van der Waals surface area (Å²) in [6.45, 7) is 14.8. The zero-order valence-electron chi connectivity index (χ0n) is 33.0. The number of piperidine rings is 2. The molecule has 6 nitrogen and oxygen atoms in total. The van der Waals surface area contributed by atoms with Crippen LogP contribution in [0.5, 0.6) is 0 Å². The van der Waals surface area contributed by atoms with Crippen molar-refractivity contribution in [2.45, 2.75) is 96.8 Å². The van der Waals surface area contributed by atoms with Gasteiger partial charge in [-0.15, -0.1) is 0 Å². The second-order valence-corrected chi connectivity index (χ2v) is 17.4. The topological polar surface area (TPSA) is 66.4 Å². The summed E-state index contributed by atoms with van der Waals surface area (Å²) in [6, 6.07) is 29.2. The van der Waals surface area contributed by atoms with Crippen molar-refractivity contribution >= 4 is 34.4 Å². The van der Waals surface area contributed by atoms with E-state index < -0.39 is 0 Å². The Morgan fingerprint density at radius 1 is 0.648 bits per heavy atom. The van der Waals surface area contributed by atoms with Gasteiger partial charge in [0.25, 0.3) is 0 Å². The summed E-state index contributed by atoms with van der Waals surface area (Å²) in [5, 5.41) is 0. The highest BCUT2D eigenvalue weighted by molar-refractivity contribution is 14.1. The number of nitrogens with zero attached hydrogens (tertiary/aromatic N) is 4. The van der Waals surface area contributed by atoms with Gasteiger partial charge in [0.05, 0.1) is 17.5 Å². The van der Waals surface area contributed by atoms with Crippen LogP contribution >= 0.6 is 22.6 Å². The van der Waals surface area contributed by atoms with E-state index in [1.54, 1.807) is 6.20 Å². The first-order chi connectivity index (χ1) is 26.1. The molecule has 7 heteroatoms. The first kappa shape index (κ1) is 40.1. The number of amides is 2. The molecule has 2 aromatic heterocycles. The quantitative estimate of drug-likeness (QED) is 0.0994. The maximum atomic E-state index is 12.9. The number of fused-ring (bicyclic) bond motifs is 2. The van der Waals surface area contributed by atoms with E-state index in [9.17, 15) is 9.59 Å². The molecule has 286 valence electrons. The van der Waals surface area contributed by atoms with Crippen LogP contribution in [0.4, 0.5) is 0 Å². The standard InChI is InChI=1S/C23H28N2O.C18H24INO.C6H7N/c1-3-4-5-8-14-25-16-19-21(22(25)26)23(19,2)18-11-9-10-17(15-18)20-12-6-7-13-24-20;1-3-4-5-6-10-20-12-15-16(17(20)21)18(15,2)13-8-7-9-14(19)11-13;1-6-4-2-3-5-7-6/h6-7,9-13,15,19,21H,3-5,8,14,16H2,1-2H3;7-9,11,15-16H,3-6,10,12H2,1-2H3;2-5H,1H3. The normalized spacial score (nSPS) is 26.0. The number of hydrogen-bond acceptors (Lipinski definition) is 4. The minimum absolute atomic E-state index is 0.00178. The third-order valence-corrected chi connectivity index (χ3v) is 13.3. The average Bonchev–Trinajstić information content (AvgIpc) is 3.85. The molecule has 6 atom stereocenters. The highest BCUT2D eigenvalue weighted by atomic mass is 127. The summed E-state index contributed by atoms with van der Waals surface area (Å²) < 4.78 is 1.26. The minimum atomic E-state index is 0.00178. The third-order valence-electron chi connectivity index (χ3n) is 12.7. The molecule has 2 aromatic carbocycles. The van der Waals surface area contributed by atoms with Crippen LogP contribution in [0.15, 0.2) is 97.3 Å². The number of pyridine rings is 2. The van der Waals surface area contributed by atoms with Crippen molar-refractivity contribution in [1.29, 1.82) is 0 Å². The maximum absolute atomic E-state index is 12.9. The number of unbranched alkanes of at least 4 members (excludes halogenated alkanes) is 6. The van der Waals surface area contributed by atoms with Crippen molar-refractivity contribution in [3.63, 3.8) is 0 Å². The first-order valence-corrected chi connectivity index (χ1v) is 21.5. The number of likely N-dealkylation sites (tertiary alicyclic amines) is 2. The molecule has 2 aliphatic heterocycles. The number of aryl methyl sites for hydroxylation is 1. The predicted molar refractivity (Wildman–Crippen MR) is 228 cm³/mol.